The highest BCUT2D eigenvalue weighted by Crippen LogP contribution is 2.26. The van der Waals surface area contributed by atoms with E-state index in [1.54, 1.807) is 6.07 Å². The number of benzene rings is 1. The molecule has 0 amide bonds. The predicted molar refractivity (Wildman–Crippen MR) is 86.2 cm³/mol. The standard InChI is InChI=1S/C14H21BrN2O2S/c1-5-17(10-11(2)3)20(18,19)14-7-6-12(9-16-4)8-13(14)15/h6-8,16H,2,5,9-10H2,1,3-4H3. The molecule has 0 bridgehead atoms. The van der Waals surface area contributed by atoms with Gasteiger partial charge in [-0.3, -0.25) is 0 Å². The lowest BCUT2D eigenvalue weighted by atomic mass is 10.2. The summed E-state index contributed by atoms with van der Waals surface area (Å²) in [5, 5.41) is 3.04. The second-order valence-corrected chi connectivity index (χ2v) is 7.44. The normalized spacial score (nSPS) is 11.8. The van der Waals surface area contributed by atoms with Gasteiger partial charge in [0.05, 0.1) is 4.90 Å². The van der Waals surface area contributed by atoms with Crippen molar-refractivity contribution < 1.29 is 8.42 Å². The van der Waals surface area contributed by atoms with Crippen molar-refractivity contribution in [2.45, 2.75) is 25.3 Å². The van der Waals surface area contributed by atoms with Gasteiger partial charge in [-0.2, -0.15) is 4.31 Å². The van der Waals surface area contributed by atoms with Crippen LogP contribution in [0.4, 0.5) is 0 Å². The third kappa shape index (κ3) is 4.15. The summed E-state index contributed by atoms with van der Waals surface area (Å²) in [6.07, 6.45) is 0. The molecule has 0 aliphatic carbocycles. The van der Waals surface area contributed by atoms with Crippen molar-refractivity contribution >= 4 is 26.0 Å². The van der Waals surface area contributed by atoms with E-state index in [9.17, 15) is 8.42 Å². The molecule has 0 aliphatic rings. The molecular weight excluding hydrogens is 340 g/mol. The lowest BCUT2D eigenvalue weighted by Crippen LogP contribution is -2.32. The van der Waals surface area contributed by atoms with Crippen molar-refractivity contribution in [3.05, 3.63) is 40.4 Å². The molecule has 20 heavy (non-hydrogen) atoms. The van der Waals surface area contributed by atoms with E-state index in [4.69, 9.17) is 0 Å². The Balaban J connectivity index is 3.17. The van der Waals surface area contributed by atoms with Gasteiger partial charge in [0.15, 0.2) is 0 Å². The van der Waals surface area contributed by atoms with Gasteiger partial charge < -0.3 is 5.32 Å². The van der Waals surface area contributed by atoms with Crippen LogP contribution in [0.2, 0.25) is 0 Å². The SMILES string of the molecule is C=C(C)CN(CC)S(=O)(=O)c1ccc(CNC)cc1Br. The van der Waals surface area contributed by atoms with Crippen LogP contribution in [0.5, 0.6) is 0 Å². The van der Waals surface area contributed by atoms with Crippen molar-refractivity contribution in [1.29, 1.82) is 0 Å². The van der Waals surface area contributed by atoms with Crippen LogP contribution in [0, 0.1) is 0 Å². The summed E-state index contributed by atoms with van der Waals surface area (Å²) < 4.78 is 27.3. The van der Waals surface area contributed by atoms with Crippen molar-refractivity contribution in [2.24, 2.45) is 0 Å². The number of halogens is 1. The molecule has 0 aromatic heterocycles. The van der Waals surface area contributed by atoms with Gasteiger partial charge >= 0.3 is 0 Å². The average molecular weight is 361 g/mol. The van der Waals surface area contributed by atoms with Gasteiger partial charge in [0.1, 0.15) is 0 Å². The van der Waals surface area contributed by atoms with Gasteiger partial charge in [0.25, 0.3) is 0 Å². The van der Waals surface area contributed by atoms with Gasteiger partial charge in [-0.15, -0.1) is 0 Å². The third-order valence-corrected chi connectivity index (χ3v) is 5.69. The molecular formula is C14H21BrN2O2S. The van der Waals surface area contributed by atoms with Crippen molar-refractivity contribution in [3.8, 4) is 0 Å². The van der Waals surface area contributed by atoms with Crippen LogP contribution in [0.15, 0.2) is 39.7 Å². The molecule has 6 heteroatoms. The number of rotatable bonds is 7. The van der Waals surface area contributed by atoms with Gasteiger partial charge in [0, 0.05) is 24.1 Å². The van der Waals surface area contributed by atoms with Crippen LogP contribution in [-0.2, 0) is 16.6 Å². The molecule has 1 N–H and O–H groups in total. The maximum Gasteiger partial charge on any atom is 0.244 e. The molecule has 1 aromatic carbocycles. The lowest BCUT2D eigenvalue weighted by molar-refractivity contribution is 0.452. The van der Waals surface area contributed by atoms with E-state index in [-0.39, 0.29) is 0 Å². The highest BCUT2D eigenvalue weighted by Gasteiger charge is 2.25. The number of hydrogen-bond acceptors (Lipinski definition) is 3. The van der Waals surface area contributed by atoms with E-state index in [1.807, 2.05) is 33.0 Å². The minimum Gasteiger partial charge on any atom is -0.316 e. The Labute approximate surface area is 130 Å². The van der Waals surface area contributed by atoms with Gasteiger partial charge in [0.2, 0.25) is 10.0 Å². The van der Waals surface area contributed by atoms with Gasteiger partial charge in [-0.05, 0) is 47.6 Å². The van der Waals surface area contributed by atoms with Crippen LogP contribution >= 0.6 is 15.9 Å². The van der Waals surface area contributed by atoms with E-state index in [1.165, 1.54) is 4.31 Å². The van der Waals surface area contributed by atoms with E-state index in [0.29, 0.717) is 29.0 Å². The molecule has 0 unspecified atom stereocenters. The molecule has 1 aromatic rings. The van der Waals surface area contributed by atoms with Crippen LogP contribution in [0.25, 0.3) is 0 Å². The lowest BCUT2D eigenvalue weighted by Gasteiger charge is -2.21. The second-order valence-electron chi connectivity index (χ2n) is 4.68. The zero-order valence-corrected chi connectivity index (χ0v) is 14.5. The largest absolute Gasteiger partial charge is 0.316 e. The molecule has 112 valence electrons. The summed E-state index contributed by atoms with van der Waals surface area (Å²) in [4.78, 5) is 0.292. The molecule has 0 heterocycles. The van der Waals surface area contributed by atoms with Crippen LogP contribution in [-0.4, -0.2) is 32.9 Å². The Bertz CT molecular complexity index is 585. The fraction of sp³-hybridized carbons (Fsp3) is 0.429. The summed E-state index contributed by atoms with van der Waals surface area (Å²) in [5.41, 5.74) is 1.85. The highest BCUT2D eigenvalue weighted by atomic mass is 79.9. The first-order valence-electron chi connectivity index (χ1n) is 6.40. The summed E-state index contributed by atoms with van der Waals surface area (Å²) in [7, 11) is -1.65. The Kier molecular flexibility index (Phi) is 6.39. The quantitative estimate of drug-likeness (QED) is 0.760. The Hall–Kier alpha value is -0.690. The fourth-order valence-electron chi connectivity index (χ4n) is 1.87. The maximum atomic E-state index is 12.6. The van der Waals surface area contributed by atoms with Crippen LogP contribution in [0.3, 0.4) is 0 Å². The third-order valence-electron chi connectivity index (χ3n) is 2.79. The van der Waals surface area contributed by atoms with Crippen LogP contribution in [0.1, 0.15) is 19.4 Å². The molecule has 0 fully saturated rings. The Morgan fingerprint density at radius 2 is 2.10 bits per heavy atom. The summed E-state index contributed by atoms with van der Waals surface area (Å²) in [6, 6.07) is 5.30. The van der Waals surface area contributed by atoms with Crippen LogP contribution < -0.4 is 5.32 Å². The maximum absolute atomic E-state index is 12.6. The number of nitrogens with zero attached hydrogens (tertiary/aromatic N) is 1. The Morgan fingerprint density at radius 3 is 2.55 bits per heavy atom. The highest BCUT2D eigenvalue weighted by molar-refractivity contribution is 9.10. The number of hydrogen-bond donors (Lipinski definition) is 1. The minimum atomic E-state index is -3.50. The molecule has 0 aliphatic heterocycles. The monoisotopic (exact) mass is 360 g/mol. The van der Waals surface area contributed by atoms with E-state index in [2.05, 4.69) is 27.8 Å². The molecule has 0 radical (unpaired) electrons. The molecule has 0 saturated heterocycles. The first-order valence-corrected chi connectivity index (χ1v) is 8.63. The molecule has 1 rings (SSSR count). The summed E-state index contributed by atoms with van der Waals surface area (Å²) >= 11 is 3.36. The summed E-state index contributed by atoms with van der Waals surface area (Å²) in [6.45, 7) is 8.88. The minimum absolute atomic E-state index is 0.292. The number of likely N-dealkylation sites (N-methyl/N-ethyl adjacent to an activating group) is 1. The van der Waals surface area contributed by atoms with Crippen molar-refractivity contribution in [3.63, 3.8) is 0 Å². The number of nitrogens with one attached hydrogen (secondary N) is 1. The number of sulfonamides is 1. The average Bonchev–Trinajstić information content (AvgIpc) is 2.35. The van der Waals surface area contributed by atoms with Crippen molar-refractivity contribution in [2.75, 3.05) is 20.1 Å². The topological polar surface area (TPSA) is 49.4 Å². The smallest absolute Gasteiger partial charge is 0.244 e. The van der Waals surface area contributed by atoms with Crippen molar-refractivity contribution in [1.82, 2.24) is 9.62 Å². The van der Waals surface area contributed by atoms with E-state index < -0.39 is 10.0 Å². The van der Waals surface area contributed by atoms with E-state index >= 15 is 0 Å². The zero-order chi connectivity index (χ0) is 15.3. The fourth-order valence-corrected chi connectivity index (χ4v) is 4.47. The second kappa shape index (κ2) is 7.36. The van der Waals surface area contributed by atoms with Gasteiger partial charge in [-0.25, -0.2) is 8.42 Å². The predicted octanol–water partition coefficient (Wildman–Crippen LogP) is 2.76. The molecule has 4 nitrogen and oxygen atoms in total. The first-order chi connectivity index (χ1) is 9.32. The zero-order valence-electron chi connectivity index (χ0n) is 12.1. The molecule has 0 saturated carbocycles. The summed E-state index contributed by atoms with van der Waals surface area (Å²) in [5.74, 6) is 0. The van der Waals surface area contributed by atoms with Gasteiger partial charge in [-0.1, -0.05) is 25.1 Å². The Morgan fingerprint density at radius 1 is 1.45 bits per heavy atom. The first kappa shape index (κ1) is 17.4. The molecule has 0 atom stereocenters. The van der Waals surface area contributed by atoms with E-state index in [0.717, 1.165) is 11.1 Å². The molecule has 0 spiro atoms.